The van der Waals surface area contributed by atoms with Crippen LogP contribution in [0.15, 0.2) is 36.0 Å². The molecular formula is C41H63N3O9. The van der Waals surface area contributed by atoms with E-state index in [0.29, 0.717) is 51.0 Å². The highest BCUT2D eigenvalue weighted by molar-refractivity contribution is 6.38. The van der Waals surface area contributed by atoms with Crippen molar-refractivity contribution < 1.29 is 43.6 Å². The number of ketones is 2. The van der Waals surface area contributed by atoms with Crippen LogP contribution in [0.5, 0.6) is 0 Å². The number of aliphatic hydroxyl groups excluding tert-OH is 1. The Morgan fingerprint density at radius 2 is 1.68 bits per heavy atom. The number of nitrogens with zero attached hydrogens (tertiary/aromatic N) is 3. The number of amides is 2. The van der Waals surface area contributed by atoms with Crippen LogP contribution >= 0.6 is 0 Å². The molecule has 2 N–H and O–H groups in total. The fraction of sp³-hybridized carbons (Fsp3) is 0.756. The molecule has 53 heavy (non-hydrogen) atoms. The first kappa shape index (κ1) is 41.1. The lowest BCUT2D eigenvalue weighted by Crippen LogP contribution is -2.53. The summed E-state index contributed by atoms with van der Waals surface area (Å²) in [5.41, 5.74) is -0.786. The lowest BCUT2D eigenvalue weighted by molar-refractivity contribution is -0.140. The lowest BCUT2D eigenvalue weighted by Gasteiger charge is -2.40. The molecule has 3 saturated heterocycles. The number of aliphatic hydroxyl groups is 2. The van der Waals surface area contributed by atoms with E-state index in [1.54, 1.807) is 48.0 Å². The maximum Gasteiger partial charge on any atom is 0.410 e. The molecule has 3 heterocycles. The molecule has 0 aromatic rings. The van der Waals surface area contributed by atoms with Gasteiger partial charge in [-0.3, -0.25) is 14.5 Å². The molecule has 5 rings (SSSR count). The number of carbonyl (C=O) groups is 4. The Bertz CT molecular complexity index is 1370. The Morgan fingerprint density at radius 3 is 2.32 bits per heavy atom. The van der Waals surface area contributed by atoms with E-state index in [4.69, 9.17) is 14.2 Å². The third-order valence-corrected chi connectivity index (χ3v) is 12.1. The van der Waals surface area contributed by atoms with Crippen LogP contribution in [0, 0.1) is 23.2 Å². The van der Waals surface area contributed by atoms with Gasteiger partial charge in [0.15, 0.2) is 6.10 Å². The number of Topliss-reactive ketones (excluding diaryl/α,β-unsaturated/α-hetero) is 2. The highest BCUT2D eigenvalue weighted by Gasteiger charge is 2.46. The number of allylic oxidation sites excluding steroid dienone is 4. The minimum atomic E-state index is -1.52. The molecule has 6 atom stereocenters. The summed E-state index contributed by atoms with van der Waals surface area (Å²) in [6, 6.07) is 0.568. The molecule has 4 fully saturated rings. The number of carbonyl (C=O) groups excluding carboxylic acids is 4. The molecule has 5 aliphatic rings. The van der Waals surface area contributed by atoms with Gasteiger partial charge in [-0.25, -0.2) is 9.59 Å². The predicted molar refractivity (Wildman–Crippen MR) is 200 cm³/mol. The quantitative estimate of drug-likeness (QED) is 0.157. The van der Waals surface area contributed by atoms with Gasteiger partial charge < -0.3 is 34.2 Å². The van der Waals surface area contributed by atoms with Crippen LogP contribution in [-0.2, 0) is 23.8 Å². The van der Waals surface area contributed by atoms with Crippen LogP contribution in [0.1, 0.15) is 91.9 Å². The molecule has 0 aromatic heterocycles. The van der Waals surface area contributed by atoms with Crippen LogP contribution in [0.2, 0.25) is 0 Å². The topological polar surface area (TPSA) is 146 Å². The number of rotatable bonds is 7. The summed E-state index contributed by atoms with van der Waals surface area (Å²) in [5, 5.41) is 22.3. The molecule has 296 valence electrons. The van der Waals surface area contributed by atoms with Gasteiger partial charge in [-0.05, 0) is 57.9 Å². The predicted octanol–water partition coefficient (Wildman–Crippen LogP) is 5.07. The van der Waals surface area contributed by atoms with Crippen molar-refractivity contribution in [3.05, 3.63) is 36.0 Å². The van der Waals surface area contributed by atoms with Crippen molar-refractivity contribution in [2.45, 2.75) is 116 Å². The van der Waals surface area contributed by atoms with Gasteiger partial charge in [-0.15, -0.1) is 0 Å². The molecule has 12 heteroatoms. The normalized spacial score (nSPS) is 32.5. The number of ether oxygens (including phenoxy) is 3. The maximum absolute atomic E-state index is 13.6. The van der Waals surface area contributed by atoms with E-state index in [2.05, 4.69) is 4.90 Å². The van der Waals surface area contributed by atoms with E-state index in [1.165, 1.54) is 38.5 Å². The van der Waals surface area contributed by atoms with Crippen molar-refractivity contribution >= 4 is 23.8 Å². The van der Waals surface area contributed by atoms with Gasteiger partial charge in [0.25, 0.3) is 0 Å². The number of hydrogen-bond donors (Lipinski definition) is 2. The average molecular weight is 742 g/mol. The minimum Gasteiger partial charge on any atom is -0.449 e. The molecule has 2 amide bonds. The van der Waals surface area contributed by atoms with Crippen LogP contribution < -0.4 is 0 Å². The minimum absolute atomic E-state index is 0.0568. The Kier molecular flexibility index (Phi) is 14.4. The first-order valence-electron chi connectivity index (χ1n) is 20.0. The second kappa shape index (κ2) is 18.5. The van der Waals surface area contributed by atoms with Crippen LogP contribution in [-0.4, -0.2) is 132 Å². The number of piperazine rings is 1. The summed E-state index contributed by atoms with van der Waals surface area (Å²) in [5.74, 6) is -2.68. The third-order valence-electron chi connectivity index (χ3n) is 12.1. The molecule has 2 aliphatic carbocycles. The summed E-state index contributed by atoms with van der Waals surface area (Å²) in [7, 11) is 0. The zero-order chi connectivity index (χ0) is 38.2. The van der Waals surface area contributed by atoms with Gasteiger partial charge in [0.05, 0.1) is 31.8 Å². The Hall–Kier alpha value is -3.06. The van der Waals surface area contributed by atoms with Crippen molar-refractivity contribution in [2.24, 2.45) is 23.2 Å². The summed E-state index contributed by atoms with van der Waals surface area (Å²) >= 11 is 0. The van der Waals surface area contributed by atoms with Crippen molar-refractivity contribution in [1.82, 2.24) is 14.7 Å². The van der Waals surface area contributed by atoms with E-state index < -0.39 is 47.3 Å². The monoisotopic (exact) mass is 741 g/mol. The van der Waals surface area contributed by atoms with Gasteiger partial charge >= 0.3 is 12.2 Å². The van der Waals surface area contributed by atoms with Crippen molar-refractivity contribution in [1.29, 1.82) is 0 Å². The Labute approximate surface area is 315 Å². The highest BCUT2D eigenvalue weighted by atomic mass is 16.6. The molecular weight excluding hydrogens is 678 g/mol. The van der Waals surface area contributed by atoms with E-state index in [9.17, 15) is 29.4 Å². The van der Waals surface area contributed by atoms with Crippen molar-refractivity contribution in [3.8, 4) is 0 Å². The summed E-state index contributed by atoms with van der Waals surface area (Å²) in [6.45, 7) is 12.7. The van der Waals surface area contributed by atoms with Crippen LogP contribution in [0.4, 0.5) is 9.59 Å². The second-order valence-electron chi connectivity index (χ2n) is 16.7. The number of hydrogen-bond acceptors (Lipinski definition) is 10. The Balaban J connectivity index is 1.21. The zero-order valence-corrected chi connectivity index (χ0v) is 32.4. The smallest absolute Gasteiger partial charge is 0.410 e. The Morgan fingerprint density at radius 1 is 0.981 bits per heavy atom. The molecule has 1 spiro atoms. The molecule has 0 bridgehead atoms. The standard InChI is InChI=1S/C41H63N3O9/c1-29(25-52-38(48)44-19-18-41(26-44)27-51-28-41)10-9-11-30(2)36-31(3)14-15-35(40(4,50)17-16-33(45)24-34(46)37(36)47)53-39(49)43-22-20-42(21-23-43)32-12-7-5-6-8-13-32/h9-11,14-15,29,31-33,35-36,45,50H,5-8,12-13,16-28H2,1-4H3/b10-9+,15-14+,30-11+/t29-,31+,33+,35+,36-,40+/m1/s1. The van der Waals surface area contributed by atoms with Gasteiger partial charge in [0.2, 0.25) is 11.6 Å². The largest absolute Gasteiger partial charge is 0.449 e. The fourth-order valence-electron chi connectivity index (χ4n) is 8.46. The third kappa shape index (κ3) is 11.0. The van der Waals surface area contributed by atoms with Gasteiger partial charge in [-0.1, -0.05) is 69.4 Å². The van der Waals surface area contributed by atoms with Crippen molar-refractivity contribution in [2.75, 3.05) is 59.1 Å². The molecule has 1 saturated carbocycles. The number of likely N-dealkylation sites (tertiary alicyclic amines) is 1. The van der Waals surface area contributed by atoms with E-state index in [0.717, 1.165) is 19.5 Å². The lowest BCUT2D eigenvalue weighted by atomic mass is 9.79. The molecule has 0 radical (unpaired) electrons. The van der Waals surface area contributed by atoms with E-state index in [-0.39, 0.29) is 43.3 Å². The van der Waals surface area contributed by atoms with Gasteiger partial charge in [0, 0.05) is 63.1 Å². The van der Waals surface area contributed by atoms with E-state index >= 15 is 0 Å². The van der Waals surface area contributed by atoms with Crippen LogP contribution in [0.25, 0.3) is 0 Å². The maximum atomic E-state index is 13.6. The highest BCUT2D eigenvalue weighted by Crippen LogP contribution is 2.37. The first-order chi connectivity index (χ1) is 25.3. The summed E-state index contributed by atoms with van der Waals surface area (Å²) in [6.07, 6.45) is 14.1. The SMILES string of the molecule is C/C(=C\C=C\[C@@H](C)COC(=O)N1CCC2(COC2)C1)[C@H]1C(=O)C(=O)C[C@@H](O)CC[C@](C)(O)[C@@H](OC(=O)N2CCN(C3CCCCCC3)CC2)/C=C/[C@@H]1C. The second-order valence-corrected chi connectivity index (χ2v) is 16.7. The molecule has 12 nitrogen and oxygen atoms in total. The van der Waals surface area contributed by atoms with Gasteiger partial charge in [-0.2, -0.15) is 0 Å². The first-order valence-corrected chi connectivity index (χ1v) is 20.0. The average Bonchev–Trinajstić information content (AvgIpc) is 3.42. The van der Waals surface area contributed by atoms with Crippen molar-refractivity contribution in [3.63, 3.8) is 0 Å². The van der Waals surface area contributed by atoms with E-state index in [1.807, 2.05) is 19.9 Å². The van der Waals surface area contributed by atoms with Crippen LogP contribution in [0.3, 0.4) is 0 Å². The summed E-state index contributed by atoms with van der Waals surface area (Å²) < 4.78 is 16.9. The molecule has 3 aliphatic heterocycles. The molecule has 0 unspecified atom stereocenters. The van der Waals surface area contributed by atoms with Gasteiger partial charge in [0.1, 0.15) is 5.60 Å². The summed E-state index contributed by atoms with van der Waals surface area (Å²) in [4.78, 5) is 58.8. The molecule has 0 aromatic carbocycles. The fourth-order valence-corrected chi connectivity index (χ4v) is 8.46. The zero-order valence-electron chi connectivity index (χ0n) is 32.4.